The molecule has 2 N–H and O–H groups in total. The molecule has 0 fully saturated rings. The van der Waals surface area contributed by atoms with Crippen LogP contribution in [0, 0.1) is 0 Å². The summed E-state index contributed by atoms with van der Waals surface area (Å²) in [5.74, 6) is -1.86. The maximum absolute atomic E-state index is 11.7. The van der Waals surface area contributed by atoms with Gasteiger partial charge in [0.1, 0.15) is 5.75 Å². The summed E-state index contributed by atoms with van der Waals surface area (Å²) in [5.41, 5.74) is 0.908. The van der Waals surface area contributed by atoms with Gasteiger partial charge < -0.3 is 19.9 Å². The topological polar surface area (TPSA) is 119 Å². The summed E-state index contributed by atoms with van der Waals surface area (Å²) in [5, 5.41) is 11.0. The van der Waals surface area contributed by atoms with Crippen molar-refractivity contribution in [2.75, 3.05) is 31.3 Å². The van der Waals surface area contributed by atoms with Crippen LogP contribution in [0.1, 0.15) is 25.8 Å². The molecule has 9 heteroatoms. The first-order valence-electron chi connectivity index (χ1n) is 8.34. The van der Waals surface area contributed by atoms with E-state index in [1.54, 1.807) is 6.07 Å². The second kappa shape index (κ2) is 10.6. The Morgan fingerprint density at radius 1 is 1.12 bits per heavy atom. The summed E-state index contributed by atoms with van der Waals surface area (Å²) in [6, 6.07) is 5.47. The first kappa shape index (κ1) is 21.8. The summed E-state index contributed by atoms with van der Waals surface area (Å²) in [6.45, 7) is 5.02. The smallest absolute Gasteiger partial charge is 0.304 e. The molecule has 1 aromatic carbocycles. The zero-order chi connectivity index (χ0) is 19.6. The number of hydrogen-bond donors (Lipinski definition) is 2. The molecule has 0 aliphatic rings. The van der Waals surface area contributed by atoms with Crippen molar-refractivity contribution in [3.63, 3.8) is 0 Å². The molecule has 0 aliphatic heterocycles. The Balaban J connectivity index is 2.52. The number of carbonyl (C=O) groups is 2. The van der Waals surface area contributed by atoms with Crippen molar-refractivity contribution in [1.29, 1.82) is 0 Å². The summed E-state index contributed by atoms with van der Waals surface area (Å²) >= 11 is 0. The Morgan fingerprint density at radius 2 is 1.77 bits per heavy atom. The van der Waals surface area contributed by atoms with E-state index >= 15 is 0 Å². The van der Waals surface area contributed by atoms with Crippen molar-refractivity contribution in [3.05, 3.63) is 23.8 Å². The molecular weight excluding hydrogens is 362 g/mol. The normalized spacial score (nSPS) is 11.0. The fourth-order valence-corrected chi connectivity index (χ4v) is 3.29. The number of ether oxygens (including phenoxy) is 2. The molecule has 146 valence electrons. The lowest BCUT2D eigenvalue weighted by atomic mass is 10.1. The molecular formula is C17H25NO7S. The number of carboxylic acids is 1. The van der Waals surface area contributed by atoms with Gasteiger partial charge in [-0.15, -0.1) is 0 Å². The Bertz CT molecular complexity index is 716. The van der Waals surface area contributed by atoms with Gasteiger partial charge in [-0.3, -0.25) is 9.59 Å². The number of amides is 1. The number of aliphatic carboxylic acids is 1. The van der Waals surface area contributed by atoms with Gasteiger partial charge in [-0.05, 0) is 38.0 Å². The van der Waals surface area contributed by atoms with E-state index in [1.165, 1.54) is 0 Å². The van der Waals surface area contributed by atoms with E-state index in [2.05, 4.69) is 5.32 Å². The van der Waals surface area contributed by atoms with E-state index in [9.17, 15) is 18.0 Å². The maximum atomic E-state index is 11.7. The average molecular weight is 387 g/mol. The van der Waals surface area contributed by atoms with Crippen LogP contribution in [0.15, 0.2) is 18.2 Å². The largest absolute Gasteiger partial charge is 0.490 e. The Labute approximate surface area is 153 Å². The molecule has 0 aliphatic carbocycles. The minimum Gasteiger partial charge on any atom is -0.490 e. The average Bonchev–Trinajstić information content (AvgIpc) is 2.55. The third-order valence-corrected chi connectivity index (χ3v) is 4.85. The minimum atomic E-state index is -3.73. The quantitative estimate of drug-likeness (QED) is 0.550. The number of rotatable bonds is 12. The van der Waals surface area contributed by atoms with Crippen LogP contribution in [0.2, 0.25) is 0 Å². The van der Waals surface area contributed by atoms with E-state index in [4.69, 9.17) is 14.6 Å². The van der Waals surface area contributed by atoms with E-state index in [1.807, 2.05) is 26.0 Å². The Morgan fingerprint density at radius 3 is 2.38 bits per heavy atom. The van der Waals surface area contributed by atoms with Gasteiger partial charge in [0, 0.05) is 6.54 Å². The van der Waals surface area contributed by atoms with Crippen LogP contribution in [-0.2, 0) is 25.8 Å². The van der Waals surface area contributed by atoms with E-state index in [-0.39, 0.29) is 6.54 Å². The summed E-state index contributed by atoms with van der Waals surface area (Å²) in [6.07, 6.45) is -0.0185. The fraction of sp³-hybridized carbons (Fsp3) is 0.529. The molecule has 0 saturated carbocycles. The summed E-state index contributed by atoms with van der Waals surface area (Å²) < 4.78 is 34.3. The monoisotopic (exact) mass is 387 g/mol. The fourth-order valence-electron chi connectivity index (χ4n) is 2.16. The number of sulfone groups is 1. The van der Waals surface area contributed by atoms with Crippen molar-refractivity contribution in [2.45, 2.75) is 26.7 Å². The van der Waals surface area contributed by atoms with Crippen LogP contribution in [0.5, 0.6) is 11.5 Å². The molecule has 0 bridgehead atoms. The first-order chi connectivity index (χ1) is 12.3. The predicted octanol–water partition coefficient (Wildman–Crippen LogP) is 1.03. The van der Waals surface area contributed by atoms with Gasteiger partial charge in [-0.25, -0.2) is 8.42 Å². The zero-order valence-electron chi connectivity index (χ0n) is 15.0. The molecule has 1 aromatic rings. The molecule has 26 heavy (non-hydrogen) atoms. The second-order valence-electron chi connectivity index (χ2n) is 5.48. The standard InChI is InChI=1S/C17H25NO7S/c1-3-24-14-6-5-13(11-15(14)25-4-2)7-9-18-16(19)12-26(22,23)10-8-17(20)21/h5-6,11H,3-4,7-10,12H2,1-2H3,(H,18,19)(H,20,21). The van der Waals surface area contributed by atoms with Crippen molar-refractivity contribution in [3.8, 4) is 11.5 Å². The lowest BCUT2D eigenvalue weighted by Crippen LogP contribution is -2.33. The molecule has 0 saturated heterocycles. The van der Waals surface area contributed by atoms with Gasteiger partial charge >= 0.3 is 5.97 Å². The lowest BCUT2D eigenvalue weighted by Gasteiger charge is -2.12. The number of nitrogens with one attached hydrogen (secondary N) is 1. The van der Waals surface area contributed by atoms with Gasteiger partial charge in [0.25, 0.3) is 0 Å². The van der Waals surface area contributed by atoms with Gasteiger partial charge in [-0.2, -0.15) is 0 Å². The minimum absolute atomic E-state index is 0.257. The molecule has 0 heterocycles. The number of carbonyl (C=O) groups excluding carboxylic acids is 1. The summed E-state index contributed by atoms with van der Waals surface area (Å²) in [7, 11) is -3.73. The number of benzene rings is 1. The summed E-state index contributed by atoms with van der Waals surface area (Å²) in [4.78, 5) is 22.1. The van der Waals surface area contributed by atoms with Crippen LogP contribution in [-0.4, -0.2) is 56.7 Å². The third-order valence-electron chi connectivity index (χ3n) is 3.32. The molecule has 0 unspecified atom stereocenters. The van der Waals surface area contributed by atoms with E-state index in [0.717, 1.165) is 5.56 Å². The van der Waals surface area contributed by atoms with Crippen LogP contribution in [0.3, 0.4) is 0 Å². The lowest BCUT2D eigenvalue weighted by molar-refractivity contribution is -0.136. The molecule has 1 rings (SSSR count). The highest BCUT2D eigenvalue weighted by Crippen LogP contribution is 2.28. The molecule has 0 atom stereocenters. The third kappa shape index (κ3) is 8.19. The molecule has 0 spiro atoms. The molecule has 8 nitrogen and oxygen atoms in total. The van der Waals surface area contributed by atoms with Gasteiger partial charge in [-0.1, -0.05) is 6.07 Å². The molecule has 1 amide bonds. The molecule has 0 radical (unpaired) electrons. The van der Waals surface area contributed by atoms with Crippen LogP contribution in [0.25, 0.3) is 0 Å². The van der Waals surface area contributed by atoms with Gasteiger partial charge in [0.2, 0.25) is 5.91 Å². The molecule has 0 aromatic heterocycles. The Hall–Kier alpha value is -2.29. The van der Waals surface area contributed by atoms with Crippen LogP contribution < -0.4 is 14.8 Å². The van der Waals surface area contributed by atoms with Crippen molar-refractivity contribution < 1.29 is 32.6 Å². The van der Waals surface area contributed by atoms with Gasteiger partial charge in [0.15, 0.2) is 21.3 Å². The first-order valence-corrected chi connectivity index (χ1v) is 10.2. The highest BCUT2D eigenvalue weighted by Gasteiger charge is 2.17. The second-order valence-corrected chi connectivity index (χ2v) is 7.67. The van der Waals surface area contributed by atoms with Crippen molar-refractivity contribution >= 4 is 21.7 Å². The predicted molar refractivity (Wildman–Crippen MR) is 96.4 cm³/mol. The zero-order valence-corrected chi connectivity index (χ0v) is 15.8. The van der Waals surface area contributed by atoms with Crippen molar-refractivity contribution in [1.82, 2.24) is 5.32 Å². The van der Waals surface area contributed by atoms with Crippen molar-refractivity contribution in [2.24, 2.45) is 0 Å². The van der Waals surface area contributed by atoms with E-state index in [0.29, 0.717) is 31.1 Å². The van der Waals surface area contributed by atoms with Crippen LogP contribution in [0.4, 0.5) is 0 Å². The van der Waals surface area contributed by atoms with Gasteiger partial charge in [0.05, 0.1) is 25.4 Å². The highest BCUT2D eigenvalue weighted by molar-refractivity contribution is 7.92. The SMILES string of the molecule is CCOc1ccc(CCNC(=O)CS(=O)(=O)CCC(=O)O)cc1OCC. The highest BCUT2D eigenvalue weighted by atomic mass is 32.2. The number of hydrogen-bond acceptors (Lipinski definition) is 6. The number of carboxylic acid groups (broad SMARTS) is 1. The Kier molecular flexibility index (Phi) is 8.91. The van der Waals surface area contributed by atoms with Crippen LogP contribution >= 0.6 is 0 Å². The van der Waals surface area contributed by atoms with E-state index < -0.39 is 39.6 Å². The maximum Gasteiger partial charge on any atom is 0.304 e.